The number of benzene rings is 2. The molecule has 0 heterocycles. The number of hydrogen-bond acceptors (Lipinski definition) is 3. The van der Waals surface area contributed by atoms with Gasteiger partial charge >= 0.3 is 0 Å². The van der Waals surface area contributed by atoms with Gasteiger partial charge in [-0.3, -0.25) is 15.6 Å². The molecule has 0 aromatic heterocycles. The van der Waals surface area contributed by atoms with E-state index in [1.807, 2.05) is 30.3 Å². The van der Waals surface area contributed by atoms with E-state index in [1.165, 1.54) is 11.1 Å². The van der Waals surface area contributed by atoms with Crippen LogP contribution in [0.25, 0.3) is 5.70 Å². The summed E-state index contributed by atoms with van der Waals surface area (Å²) in [6, 6.07) is 16.1. The van der Waals surface area contributed by atoms with Crippen LogP contribution in [0.1, 0.15) is 48.2 Å². The molecule has 4 heteroatoms. The van der Waals surface area contributed by atoms with Crippen molar-refractivity contribution in [2.24, 2.45) is 0 Å². The topological polar surface area (TPSA) is 44.4 Å². The first-order valence-electron chi connectivity index (χ1n) is 9.42. The molecule has 136 valence electrons. The van der Waals surface area contributed by atoms with Gasteiger partial charge in [0.2, 0.25) is 0 Å². The average molecular weight is 349 g/mol. The molecule has 1 aliphatic rings. The Morgan fingerprint density at radius 1 is 1.04 bits per heavy atom. The zero-order valence-electron chi connectivity index (χ0n) is 15.6. The van der Waals surface area contributed by atoms with Crippen molar-refractivity contribution in [2.45, 2.75) is 33.1 Å². The third-order valence-corrected chi connectivity index (χ3v) is 4.88. The summed E-state index contributed by atoms with van der Waals surface area (Å²) in [5.74, 6) is -0.126. The molecule has 2 aromatic carbocycles. The normalized spacial score (nSPS) is 13.2. The maximum Gasteiger partial charge on any atom is 0.269 e. The summed E-state index contributed by atoms with van der Waals surface area (Å²) in [4.78, 5) is 14.7. The molecule has 0 bridgehead atoms. The number of carbonyl (C=O) groups is 1. The Hall–Kier alpha value is -2.75. The minimum Gasteiger partial charge on any atom is -0.372 e. The highest BCUT2D eigenvalue weighted by Gasteiger charge is 2.12. The fraction of sp³-hybridized carbons (Fsp3) is 0.318. The molecular formula is C22H27N3O. The Labute approximate surface area is 155 Å². The van der Waals surface area contributed by atoms with Crippen molar-refractivity contribution >= 4 is 17.3 Å². The van der Waals surface area contributed by atoms with E-state index in [4.69, 9.17) is 0 Å². The zero-order valence-corrected chi connectivity index (χ0v) is 15.6. The van der Waals surface area contributed by atoms with Gasteiger partial charge in [0.05, 0.1) is 5.70 Å². The van der Waals surface area contributed by atoms with E-state index in [0.717, 1.165) is 43.7 Å². The van der Waals surface area contributed by atoms with Crippen LogP contribution < -0.4 is 15.8 Å². The van der Waals surface area contributed by atoms with Crippen molar-refractivity contribution in [3.63, 3.8) is 0 Å². The Balaban J connectivity index is 1.67. The number of aryl methyl sites for hydroxylation is 1. The summed E-state index contributed by atoms with van der Waals surface area (Å²) in [6.45, 7) is 6.17. The molecule has 0 unspecified atom stereocenters. The van der Waals surface area contributed by atoms with E-state index in [0.29, 0.717) is 5.56 Å². The van der Waals surface area contributed by atoms with Crippen molar-refractivity contribution in [1.82, 2.24) is 10.9 Å². The van der Waals surface area contributed by atoms with Crippen LogP contribution in [0.2, 0.25) is 0 Å². The summed E-state index contributed by atoms with van der Waals surface area (Å²) >= 11 is 0. The van der Waals surface area contributed by atoms with Gasteiger partial charge in [-0.05, 0) is 62.9 Å². The fourth-order valence-electron chi connectivity index (χ4n) is 3.38. The third kappa shape index (κ3) is 4.07. The smallest absolute Gasteiger partial charge is 0.269 e. The maximum absolute atomic E-state index is 12.5. The number of carbonyl (C=O) groups excluding carboxylic acids is 1. The number of rotatable bonds is 6. The van der Waals surface area contributed by atoms with Gasteiger partial charge in [-0.2, -0.15) is 0 Å². The van der Waals surface area contributed by atoms with Crippen LogP contribution in [-0.4, -0.2) is 19.0 Å². The third-order valence-electron chi connectivity index (χ3n) is 4.88. The number of anilines is 1. The molecule has 2 N–H and O–H groups in total. The number of fused-ring (bicyclic) bond motifs is 1. The number of allylic oxidation sites excluding steroid dienone is 1. The van der Waals surface area contributed by atoms with Gasteiger partial charge in [-0.25, -0.2) is 0 Å². The van der Waals surface area contributed by atoms with Crippen LogP contribution in [0, 0.1) is 0 Å². The number of nitrogens with zero attached hydrogens (tertiary/aromatic N) is 1. The molecule has 0 aliphatic heterocycles. The SMILES string of the molecule is CCN(CC)c1ccc(C(=O)NNC2=CCCCc3ccccc32)cc1. The summed E-state index contributed by atoms with van der Waals surface area (Å²) in [5.41, 5.74) is 11.2. The predicted molar refractivity (Wildman–Crippen MR) is 108 cm³/mol. The second-order valence-corrected chi connectivity index (χ2v) is 6.47. The van der Waals surface area contributed by atoms with Gasteiger partial charge < -0.3 is 4.90 Å². The van der Waals surface area contributed by atoms with E-state index >= 15 is 0 Å². The standard InChI is InChI=1S/C22H27N3O/c1-3-25(4-2)19-15-13-18(14-16-19)22(26)24-23-21-12-8-6-10-17-9-5-7-11-20(17)21/h5,7,9,11-16,23H,3-4,6,8,10H2,1-2H3,(H,24,26). The van der Waals surface area contributed by atoms with Crippen LogP contribution in [0.4, 0.5) is 5.69 Å². The first kappa shape index (κ1) is 18.1. The lowest BCUT2D eigenvalue weighted by molar-refractivity contribution is 0.0942. The Kier molecular flexibility index (Phi) is 5.95. The molecule has 0 radical (unpaired) electrons. The summed E-state index contributed by atoms with van der Waals surface area (Å²) < 4.78 is 0. The van der Waals surface area contributed by atoms with Crippen molar-refractivity contribution in [3.8, 4) is 0 Å². The second-order valence-electron chi connectivity index (χ2n) is 6.47. The predicted octanol–water partition coefficient (Wildman–Crippen LogP) is 4.14. The van der Waals surface area contributed by atoms with Gasteiger partial charge in [0.15, 0.2) is 0 Å². The number of hydrogen-bond donors (Lipinski definition) is 2. The van der Waals surface area contributed by atoms with E-state index < -0.39 is 0 Å². The van der Waals surface area contributed by atoms with Crippen LogP contribution in [0.15, 0.2) is 54.6 Å². The van der Waals surface area contributed by atoms with Gasteiger partial charge in [-0.1, -0.05) is 30.3 Å². The lowest BCUT2D eigenvalue weighted by Gasteiger charge is -2.21. The first-order valence-corrected chi connectivity index (χ1v) is 9.42. The molecular weight excluding hydrogens is 322 g/mol. The quantitative estimate of drug-likeness (QED) is 0.770. The van der Waals surface area contributed by atoms with Gasteiger partial charge in [-0.15, -0.1) is 0 Å². The maximum atomic E-state index is 12.5. The van der Waals surface area contributed by atoms with Crippen molar-refractivity contribution in [2.75, 3.05) is 18.0 Å². The minimum absolute atomic E-state index is 0.126. The second kappa shape index (κ2) is 8.56. The minimum atomic E-state index is -0.126. The van der Waals surface area contributed by atoms with Gasteiger partial charge in [0.1, 0.15) is 0 Å². The molecule has 0 saturated carbocycles. The summed E-state index contributed by atoms with van der Waals surface area (Å²) in [5, 5.41) is 0. The van der Waals surface area contributed by atoms with Crippen LogP contribution in [0.3, 0.4) is 0 Å². The largest absolute Gasteiger partial charge is 0.372 e. The zero-order chi connectivity index (χ0) is 18.4. The van der Waals surface area contributed by atoms with Crippen molar-refractivity contribution in [1.29, 1.82) is 0 Å². The highest BCUT2D eigenvalue weighted by molar-refractivity contribution is 5.94. The molecule has 2 aromatic rings. The van der Waals surface area contributed by atoms with Gasteiger partial charge in [0, 0.05) is 29.9 Å². The fourth-order valence-corrected chi connectivity index (χ4v) is 3.38. The Bertz CT molecular complexity index is 776. The number of amides is 1. The molecule has 0 saturated heterocycles. The Morgan fingerprint density at radius 3 is 2.50 bits per heavy atom. The molecule has 4 nitrogen and oxygen atoms in total. The van der Waals surface area contributed by atoms with E-state index in [-0.39, 0.29) is 5.91 Å². The lowest BCUT2D eigenvalue weighted by Crippen LogP contribution is -2.36. The van der Waals surface area contributed by atoms with Crippen LogP contribution >= 0.6 is 0 Å². The van der Waals surface area contributed by atoms with E-state index in [9.17, 15) is 4.79 Å². The van der Waals surface area contributed by atoms with Crippen molar-refractivity contribution in [3.05, 3.63) is 71.3 Å². The molecule has 0 fully saturated rings. The summed E-state index contributed by atoms with van der Waals surface area (Å²) in [6.07, 6.45) is 5.36. The lowest BCUT2D eigenvalue weighted by atomic mass is 10.0. The van der Waals surface area contributed by atoms with E-state index in [1.54, 1.807) is 0 Å². The molecule has 1 aliphatic carbocycles. The summed E-state index contributed by atoms with van der Waals surface area (Å²) in [7, 11) is 0. The first-order chi connectivity index (χ1) is 12.7. The van der Waals surface area contributed by atoms with E-state index in [2.05, 4.69) is 53.9 Å². The molecule has 26 heavy (non-hydrogen) atoms. The highest BCUT2D eigenvalue weighted by Crippen LogP contribution is 2.23. The monoisotopic (exact) mass is 349 g/mol. The van der Waals surface area contributed by atoms with Crippen LogP contribution in [0.5, 0.6) is 0 Å². The molecule has 0 atom stereocenters. The Morgan fingerprint density at radius 2 is 1.77 bits per heavy atom. The molecule has 3 rings (SSSR count). The molecule has 0 spiro atoms. The van der Waals surface area contributed by atoms with Crippen LogP contribution in [-0.2, 0) is 6.42 Å². The van der Waals surface area contributed by atoms with Crippen molar-refractivity contribution < 1.29 is 4.79 Å². The highest BCUT2D eigenvalue weighted by atomic mass is 16.2. The van der Waals surface area contributed by atoms with Gasteiger partial charge in [0.25, 0.3) is 5.91 Å². The molecule has 1 amide bonds. The number of nitrogens with one attached hydrogen (secondary N) is 2. The number of hydrazine groups is 1. The average Bonchev–Trinajstić information content (AvgIpc) is 2.90.